The number of rotatable bonds is 4. The highest BCUT2D eigenvalue weighted by Crippen LogP contribution is 2.00. The Labute approximate surface area is 96.1 Å². The molecule has 0 saturated heterocycles. The van der Waals surface area contributed by atoms with Crippen molar-refractivity contribution in [1.29, 1.82) is 5.26 Å². The van der Waals surface area contributed by atoms with Crippen LogP contribution >= 0.6 is 0 Å². The van der Waals surface area contributed by atoms with Crippen LogP contribution < -0.4 is 5.32 Å². The summed E-state index contributed by atoms with van der Waals surface area (Å²) in [5, 5.41) is 11.6. The number of aliphatic imine (C=N–C) groups is 1. The van der Waals surface area contributed by atoms with E-state index in [9.17, 15) is 0 Å². The number of nitrogens with zero attached hydrogens (tertiary/aromatic N) is 2. The largest absolute Gasteiger partial charge is 0.369 e. The summed E-state index contributed by atoms with van der Waals surface area (Å²) in [5.41, 5.74) is 1.09. The monoisotopic (exact) mass is 213 g/mol. The van der Waals surface area contributed by atoms with E-state index in [-0.39, 0.29) is 0 Å². The maximum atomic E-state index is 8.52. The highest BCUT2D eigenvalue weighted by atomic mass is 15.0. The van der Waals surface area contributed by atoms with Gasteiger partial charge in [-0.05, 0) is 18.1 Å². The second kappa shape index (κ2) is 7.24. The molecule has 0 bridgehead atoms. The normalized spacial score (nSPS) is 11.4. The fourth-order valence-corrected chi connectivity index (χ4v) is 1.18. The van der Waals surface area contributed by atoms with E-state index in [4.69, 9.17) is 5.26 Å². The molecule has 16 heavy (non-hydrogen) atoms. The first-order valence-corrected chi connectivity index (χ1v) is 5.30. The van der Waals surface area contributed by atoms with E-state index in [1.165, 1.54) is 0 Å². The highest BCUT2D eigenvalue weighted by Gasteiger charge is 1.91. The average Bonchev–Trinajstić information content (AvgIpc) is 2.34. The Morgan fingerprint density at radius 1 is 1.44 bits per heavy atom. The third-order valence-electron chi connectivity index (χ3n) is 1.96. The van der Waals surface area contributed by atoms with E-state index in [2.05, 4.69) is 17.2 Å². The zero-order chi connectivity index (χ0) is 11.6. The van der Waals surface area contributed by atoms with Crippen LogP contribution in [0.1, 0.15) is 18.9 Å². The van der Waals surface area contributed by atoms with E-state index < -0.39 is 0 Å². The third-order valence-corrected chi connectivity index (χ3v) is 1.96. The second-order valence-electron chi connectivity index (χ2n) is 3.27. The zero-order valence-corrected chi connectivity index (χ0v) is 9.35. The lowest BCUT2D eigenvalue weighted by Crippen LogP contribution is -2.21. The molecule has 0 radical (unpaired) electrons. The van der Waals surface area contributed by atoms with Crippen molar-refractivity contribution in [2.24, 2.45) is 4.99 Å². The van der Waals surface area contributed by atoms with Crippen molar-refractivity contribution in [1.82, 2.24) is 5.32 Å². The van der Waals surface area contributed by atoms with Crippen molar-refractivity contribution >= 4 is 11.9 Å². The SMILES string of the molecule is CCCNC(C=Cc1ccccc1)=NC#N. The van der Waals surface area contributed by atoms with Crippen LogP contribution in [0.2, 0.25) is 0 Å². The minimum atomic E-state index is 0.605. The summed E-state index contributed by atoms with van der Waals surface area (Å²) < 4.78 is 0. The van der Waals surface area contributed by atoms with Gasteiger partial charge in [0.2, 0.25) is 6.19 Å². The summed E-state index contributed by atoms with van der Waals surface area (Å²) in [5.74, 6) is 0.605. The maximum Gasteiger partial charge on any atom is 0.207 e. The molecule has 3 nitrogen and oxygen atoms in total. The molecular formula is C13H15N3. The molecule has 0 heterocycles. The van der Waals surface area contributed by atoms with Gasteiger partial charge in [0.25, 0.3) is 0 Å². The predicted octanol–water partition coefficient (Wildman–Crippen LogP) is 2.58. The molecule has 1 aromatic rings. The molecule has 3 heteroatoms. The van der Waals surface area contributed by atoms with E-state index in [1.54, 1.807) is 6.19 Å². The lowest BCUT2D eigenvalue weighted by atomic mass is 10.2. The van der Waals surface area contributed by atoms with Crippen LogP contribution in [0.25, 0.3) is 6.08 Å². The fraction of sp³-hybridized carbons (Fsp3) is 0.231. The molecule has 0 aliphatic carbocycles. The standard InChI is InChI=1S/C13H15N3/c1-2-10-15-13(16-11-14)9-8-12-6-4-3-5-7-12/h3-9H,2,10H2,1H3,(H,15,16). The van der Waals surface area contributed by atoms with Gasteiger partial charge in [-0.1, -0.05) is 43.3 Å². The predicted molar refractivity (Wildman–Crippen MR) is 66.8 cm³/mol. The second-order valence-corrected chi connectivity index (χ2v) is 3.27. The number of amidine groups is 1. The Kier molecular flexibility index (Phi) is 5.43. The third kappa shape index (κ3) is 4.43. The van der Waals surface area contributed by atoms with E-state index in [0.717, 1.165) is 18.5 Å². The first-order valence-electron chi connectivity index (χ1n) is 5.30. The van der Waals surface area contributed by atoms with Crippen molar-refractivity contribution in [3.8, 4) is 6.19 Å². The van der Waals surface area contributed by atoms with Crippen LogP contribution in [0.5, 0.6) is 0 Å². The van der Waals surface area contributed by atoms with Gasteiger partial charge < -0.3 is 5.32 Å². The summed E-state index contributed by atoms with van der Waals surface area (Å²) in [6.45, 7) is 2.89. The van der Waals surface area contributed by atoms with Gasteiger partial charge in [0.05, 0.1) is 0 Å². The molecule has 0 aromatic heterocycles. The average molecular weight is 213 g/mol. The van der Waals surface area contributed by atoms with Crippen molar-refractivity contribution < 1.29 is 0 Å². The lowest BCUT2D eigenvalue weighted by Gasteiger charge is -2.01. The number of benzene rings is 1. The molecule has 0 aliphatic heterocycles. The van der Waals surface area contributed by atoms with Gasteiger partial charge in [-0.25, -0.2) is 0 Å². The maximum absolute atomic E-state index is 8.52. The topological polar surface area (TPSA) is 48.2 Å². The summed E-state index contributed by atoms with van der Waals surface area (Å²) >= 11 is 0. The molecule has 1 N–H and O–H groups in total. The lowest BCUT2D eigenvalue weighted by molar-refractivity contribution is 0.842. The molecule has 0 unspecified atom stereocenters. The fourth-order valence-electron chi connectivity index (χ4n) is 1.18. The summed E-state index contributed by atoms with van der Waals surface area (Å²) in [4.78, 5) is 3.70. The molecule has 1 rings (SSSR count). The number of hydrogen-bond acceptors (Lipinski definition) is 2. The van der Waals surface area contributed by atoms with Crippen LogP contribution in [-0.2, 0) is 0 Å². The van der Waals surface area contributed by atoms with Crippen LogP contribution in [0.3, 0.4) is 0 Å². The Bertz CT molecular complexity index is 399. The molecule has 0 saturated carbocycles. The molecule has 82 valence electrons. The highest BCUT2D eigenvalue weighted by molar-refractivity contribution is 5.96. The Morgan fingerprint density at radius 2 is 2.19 bits per heavy atom. The van der Waals surface area contributed by atoms with Gasteiger partial charge >= 0.3 is 0 Å². The minimum Gasteiger partial charge on any atom is -0.369 e. The molecule has 0 atom stereocenters. The number of hydrogen-bond donors (Lipinski definition) is 1. The molecule has 0 spiro atoms. The zero-order valence-electron chi connectivity index (χ0n) is 9.35. The van der Waals surface area contributed by atoms with Crippen LogP contribution in [0.4, 0.5) is 0 Å². The molecular weight excluding hydrogens is 198 g/mol. The Balaban J connectivity index is 2.66. The van der Waals surface area contributed by atoms with Crippen molar-refractivity contribution in [2.45, 2.75) is 13.3 Å². The van der Waals surface area contributed by atoms with Crippen LogP contribution in [0.15, 0.2) is 41.4 Å². The van der Waals surface area contributed by atoms with Crippen molar-refractivity contribution in [3.05, 3.63) is 42.0 Å². The van der Waals surface area contributed by atoms with Crippen molar-refractivity contribution in [3.63, 3.8) is 0 Å². The Hall–Kier alpha value is -2.08. The van der Waals surface area contributed by atoms with E-state index >= 15 is 0 Å². The quantitative estimate of drug-likeness (QED) is 0.474. The number of nitrogens with one attached hydrogen (secondary N) is 1. The van der Waals surface area contributed by atoms with Gasteiger partial charge in [-0.15, -0.1) is 0 Å². The smallest absolute Gasteiger partial charge is 0.207 e. The van der Waals surface area contributed by atoms with Gasteiger partial charge in [-0.2, -0.15) is 10.3 Å². The van der Waals surface area contributed by atoms with E-state index in [1.807, 2.05) is 42.5 Å². The van der Waals surface area contributed by atoms with Gasteiger partial charge in [0.1, 0.15) is 5.84 Å². The van der Waals surface area contributed by atoms with Crippen LogP contribution in [-0.4, -0.2) is 12.4 Å². The minimum absolute atomic E-state index is 0.605. The first-order chi connectivity index (χ1) is 7.86. The Morgan fingerprint density at radius 3 is 2.81 bits per heavy atom. The van der Waals surface area contributed by atoms with Gasteiger partial charge in [0, 0.05) is 6.54 Å². The van der Waals surface area contributed by atoms with Crippen LogP contribution in [0, 0.1) is 11.5 Å². The van der Waals surface area contributed by atoms with Gasteiger partial charge in [-0.3, -0.25) is 0 Å². The summed E-state index contributed by atoms with van der Waals surface area (Å²) in [6, 6.07) is 9.91. The molecule has 1 aromatic carbocycles. The van der Waals surface area contributed by atoms with Crippen molar-refractivity contribution in [2.75, 3.05) is 6.54 Å². The summed E-state index contributed by atoms with van der Waals surface area (Å²) in [6.07, 6.45) is 6.53. The first kappa shape index (κ1) is 12.0. The summed E-state index contributed by atoms with van der Waals surface area (Å²) in [7, 11) is 0. The van der Waals surface area contributed by atoms with E-state index in [0.29, 0.717) is 5.84 Å². The molecule has 0 fully saturated rings. The number of nitriles is 1. The van der Waals surface area contributed by atoms with Gasteiger partial charge in [0.15, 0.2) is 0 Å². The molecule has 0 amide bonds. The molecule has 0 aliphatic rings.